The lowest BCUT2D eigenvalue weighted by molar-refractivity contribution is -0.121. The van der Waals surface area contributed by atoms with Crippen molar-refractivity contribution in [2.45, 2.75) is 38.1 Å². The molecule has 0 aliphatic heterocycles. The topological polar surface area (TPSA) is 46.2 Å². The van der Waals surface area contributed by atoms with Gasteiger partial charge >= 0.3 is 0 Å². The summed E-state index contributed by atoms with van der Waals surface area (Å²) in [6, 6.07) is 9.50. The SMILES string of the molecule is Cc1cc([C@@H](C)NC(=O)Cc2ccc([S@@](C)=O)cc2)c(C)s1. The van der Waals surface area contributed by atoms with Crippen molar-refractivity contribution in [3.05, 3.63) is 51.2 Å². The summed E-state index contributed by atoms with van der Waals surface area (Å²) in [5.41, 5.74) is 2.12. The van der Waals surface area contributed by atoms with E-state index in [9.17, 15) is 9.00 Å². The van der Waals surface area contributed by atoms with Crippen LogP contribution >= 0.6 is 11.3 Å². The standard InChI is InChI=1S/C17H21NO2S2/c1-11-9-16(13(3)21-11)12(2)18-17(19)10-14-5-7-15(8-6-14)22(4)20/h5-9,12H,10H2,1-4H3,(H,18,19)/t12-,22-/m1/s1. The highest BCUT2D eigenvalue weighted by Crippen LogP contribution is 2.26. The number of thiophene rings is 1. The van der Waals surface area contributed by atoms with Gasteiger partial charge in [0, 0.05) is 31.7 Å². The second-order valence-corrected chi connectivity index (χ2v) is 8.27. The van der Waals surface area contributed by atoms with Crippen LogP contribution in [-0.2, 0) is 22.0 Å². The fraction of sp³-hybridized carbons (Fsp3) is 0.353. The van der Waals surface area contributed by atoms with Crippen molar-refractivity contribution in [2.75, 3.05) is 6.26 Å². The number of carbonyl (C=O) groups is 1. The van der Waals surface area contributed by atoms with Gasteiger partial charge in [-0.2, -0.15) is 0 Å². The highest BCUT2D eigenvalue weighted by molar-refractivity contribution is 7.84. The Labute approximate surface area is 138 Å². The molecule has 0 saturated carbocycles. The molecule has 0 aliphatic rings. The maximum absolute atomic E-state index is 12.2. The van der Waals surface area contributed by atoms with E-state index in [-0.39, 0.29) is 11.9 Å². The summed E-state index contributed by atoms with van der Waals surface area (Å²) in [6.45, 7) is 6.17. The molecule has 0 bridgehead atoms. The number of aryl methyl sites for hydroxylation is 2. The van der Waals surface area contributed by atoms with Crippen LogP contribution in [0, 0.1) is 13.8 Å². The molecule has 2 aromatic rings. The van der Waals surface area contributed by atoms with Crippen LogP contribution in [0.15, 0.2) is 35.2 Å². The Bertz CT molecular complexity index is 689. The van der Waals surface area contributed by atoms with Crippen molar-refractivity contribution in [3.8, 4) is 0 Å². The maximum Gasteiger partial charge on any atom is 0.224 e. The highest BCUT2D eigenvalue weighted by Gasteiger charge is 2.14. The predicted molar refractivity (Wildman–Crippen MR) is 92.8 cm³/mol. The normalized spacial score (nSPS) is 13.6. The minimum absolute atomic E-state index is 0.00104. The van der Waals surface area contributed by atoms with E-state index in [1.165, 1.54) is 15.3 Å². The van der Waals surface area contributed by atoms with Crippen molar-refractivity contribution < 1.29 is 9.00 Å². The Morgan fingerprint density at radius 3 is 2.41 bits per heavy atom. The molecule has 1 aromatic carbocycles. The number of hydrogen-bond donors (Lipinski definition) is 1. The van der Waals surface area contributed by atoms with Crippen LogP contribution in [0.3, 0.4) is 0 Å². The molecule has 5 heteroatoms. The zero-order valence-corrected chi connectivity index (χ0v) is 14.9. The third-order valence-corrected chi connectivity index (χ3v) is 5.46. The number of rotatable bonds is 5. The predicted octanol–water partition coefficient (Wildman–Crippen LogP) is 3.52. The van der Waals surface area contributed by atoms with E-state index < -0.39 is 10.8 Å². The summed E-state index contributed by atoms with van der Waals surface area (Å²) in [6.07, 6.45) is 1.98. The Hall–Kier alpha value is -1.46. The van der Waals surface area contributed by atoms with E-state index in [1.807, 2.05) is 31.2 Å². The zero-order chi connectivity index (χ0) is 16.3. The van der Waals surface area contributed by atoms with Gasteiger partial charge < -0.3 is 5.32 Å². The summed E-state index contributed by atoms with van der Waals surface area (Å²) in [5, 5.41) is 3.04. The third-order valence-electron chi connectivity index (χ3n) is 3.54. The van der Waals surface area contributed by atoms with Gasteiger partial charge in [-0.05, 0) is 50.1 Å². The average Bonchev–Trinajstić information content (AvgIpc) is 2.78. The molecule has 1 amide bonds. The number of hydrogen-bond acceptors (Lipinski definition) is 3. The van der Waals surface area contributed by atoms with E-state index in [0.29, 0.717) is 6.42 Å². The second kappa shape index (κ2) is 7.20. The molecule has 1 aromatic heterocycles. The monoisotopic (exact) mass is 335 g/mol. The van der Waals surface area contributed by atoms with Gasteiger partial charge in [-0.1, -0.05) is 12.1 Å². The van der Waals surface area contributed by atoms with Gasteiger partial charge in [-0.25, -0.2) is 0 Å². The molecule has 0 radical (unpaired) electrons. The first kappa shape index (κ1) is 16.9. The van der Waals surface area contributed by atoms with Crippen LogP contribution in [0.1, 0.15) is 33.8 Å². The van der Waals surface area contributed by atoms with Crippen LogP contribution in [0.25, 0.3) is 0 Å². The molecule has 3 nitrogen and oxygen atoms in total. The van der Waals surface area contributed by atoms with Gasteiger partial charge in [0.05, 0.1) is 12.5 Å². The molecule has 0 fully saturated rings. The van der Waals surface area contributed by atoms with E-state index >= 15 is 0 Å². The molecule has 118 valence electrons. The van der Waals surface area contributed by atoms with E-state index in [0.717, 1.165) is 10.5 Å². The van der Waals surface area contributed by atoms with Crippen LogP contribution < -0.4 is 5.32 Å². The van der Waals surface area contributed by atoms with Crippen molar-refractivity contribution >= 4 is 28.0 Å². The molecule has 22 heavy (non-hydrogen) atoms. The summed E-state index contributed by atoms with van der Waals surface area (Å²) < 4.78 is 11.3. The molecule has 2 rings (SSSR count). The Morgan fingerprint density at radius 2 is 1.91 bits per heavy atom. The number of amides is 1. The van der Waals surface area contributed by atoms with Gasteiger partial charge in [0.2, 0.25) is 5.91 Å². The highest BCUT2D eigenvalue weighted by atomic mass is 32.2. The summed E-state index contributed by atoms with van der Waals surface area (Å²) in [5.74, 6) is 0.00104. The summed E-state index contributed by atoms with van der Waals surface area (Å²) in [7, 11) is -0.984. The fourth-order valence-corrected chi connectivity index (χ4v) is 3.98. The summed E-state index contributed by atoms with van der Waals surface area (Å²) in [4.78, 5) is 15.5. The number of carbonyl (C=O) groups excluding carboxylic acids is 1. The van der Waals surface area contributed by atoms with Gasteiger partial charge in [0.15, 0.2) is 0 Å². The Morgan fingerprint density at radius 1 is 1.27 bits per heavy atom. The third kappa shape index (κ3) is 4.27. The average molecular weight is 335 g/mol. The Balaban J connectivity index is 1.97. The van der Waals surface area contributed by atoms with Crippen LogP contribution in [-0.4, -0.2) is 16.4 Å². The minimum atomic E-state index is -0.984. The van der Waals surface area contributed by atoms with E-state index in [2.05, 4.69) is 25.2 Å². The summed E-state index contributed by atoms with van der Waals surface area (Å²) >= 11 is 1.75. The lowest BCUT2D eigenvalue weighted by Gasteiger charge is -2.14. The lowest BCUT2D eigenvalue weighted by atomic mass is 10.1. The van der Waals surface area contributed by atoms with Crippen molar-refractivity contribution in [2.24, 2.45) is 0 Å². The van der Waals surface area contributed by atoms with Gasteiger partial charge in [0.25, 0.3) is 0 Å². The minimum Gasteiger partial charge on any atom is -0.349 e. The van der Waals surface area contributed by atoms with E-state index in [1.54, 1.807) is 17.6 Å². The lowest BCUT2D eigenvalue weighted by Crippen LogP contribution is -2.28. The number of nitrogens with one attached hydrogen (secondary N) is 1. The molecule has 0 unspecified atom stereocenters. The van der Waals surface area contributed by atoms with Crippen LogP contribution in [0.2, 0.25) is 0 Å². The molecule has 2 atom stereocenters. The van der Waals surface area contributed by atoms with Gasteiger partial charge in [-0.3, -0.25) is 9.00 Å². The second-order valence-electron chi connectivity index (χ2n) is 5.43. The first-order valence-corrected chi connectivity index (χ1v) is 9.53. The molecule has 0 saturated heterocycles. The van der Waals surface area contributed by atoms with Gasteiger partial charge in [-0.15, -0.1) is 11.3 Å². The molecule has 0 spiro atoms. The first-order chi connectivity index (χ1) is 10.4. The fourth-order valence-electron chi connectivity index (χ4n) is 2.43. The molecular formula is C17H21NO2S2. The van der Waals surface area contributed by atoms with Crippen LogP contribution in [0.5, 0.6) is 0 Å². The van der Waals surface area contributed by atoms with Crippen molar-refractivity contribution in [1.29, 1.82) is 0 Å². The quantitative estimate of drug-likeness (QED) is 0.909. The first-order valence-electron chi connectivity index (χ1n) is 7.15. The van der Waals surface area contributed by atoms with E-state index in [4.69, 9.17) is 0 Å². The molecule has 1 heterocycles. The molecule has 0 aliphatic carbocycles. The largest absolute Gasteiger partial charge is 0.349 e. The van der Waals surface area contributed by atoms with Crippen molar-refractivity contribution in [3.63, 3.8) is 0 Å². The zero-order valence-electron chi connectivity index (χ0n) is 13.3. The number of benzene rings is 1. The molecule has 1 N–H and O–H groups in total. The molecular weight excluding hydrogens is 314 g/mol. The van der Waals surface area contributed by atoms with Gasteiger partial charge in [0.1, 0.15) is 0 Å². The maximum atomic E-state index is 12.2. The van der Waals surface area contributed by atoms with Crippen molar-refractivity contribution in [1.82, 2.24) is 5.32 Å². The Kier molecular flexibility index (Phi) is 5.53. The smallest absolute Gasteiger partial charge is 0.224 e. The van der Waals surface area contributed by atoms with Crippen LogP contribution in [0.4, 0.5) is 0 Å².